The topological polar surface area (TPSA) is 56.2 Å². The van der Waals surface area contributed by atoms with Crippen molar-refractivity contribution in [2.24, 2.45) is 7.05 Å². The van der Waals surface area contributed by atoms with E-state index in [9.17, 15) is 4.79 Å². The van der Waals surface area contributed by atoms with Gasteiger partial charge >= 0.3 is 5.97 Å². The number of hydrogen-bond donors (Lipinski definition) is 1. The van der Waals surface area contributed by atoms with Crippen LogP contribution in [0.2, 0.25) is 0 Å². The normalized spacial score (nSPS) is 9.77. The van der Waals surface area contributed by atoms with Crippen molar-refractivity contribution < 1.29 is 9.53 Å². The summed E-state index contributed by atoms with van der Waals surface area (Å²) in [4.78, 5) is 11.3. The highest BCUT2D eigenvalue weighted by molar-refractivity contribution is 5.94. The molecule has 1 rings (SSSR count). The van der Waals surface area contributed by atoms with Gasteiger partial charge in [0.1, 0.15) is 5.56 Å². The average Bonchev–Trinajstić information content (AvgIpc) is 2.47. The van der Waals surface area contributed by atoms with Crippen LogP contribution in [0.4, 0.5) is 5.82 Å². The quantitative estimate of drug-likeness (QED) is 0.698. The summed E-state index contributed by atoms with van der Waals surface area (Å²) >= 11 is 0. The Morgan fingerprint density at radius 3 is 3.00 bits per heavy atom. The monoisotopic (exact) mass is 183 g/mol. The van der Waals surface area contributed by atoms with Crippen molar-refractivity contribution in [2.75, 3.05) is 19.0 Å². The van der Waals surface area contributed by atoms with Crippen molar-refractivity contribution in [3.63, 3.8) is 0 Å². The number of aromatic nitrogens is 2. The summed E-state index contributed by atoms with van der Waals surface area (Å²) in [6.07, 6.45) is 1.63. The van der Waals surface area contributed by atoms with Crippen molar-refractivity contribution in [2.45, 2.75) is 6.92 Å². The fourth-order valence-electron chi connectivity index (χ4n) is 1.03. The Balaban J connectivity index is 2.91. The third kappa shape index (κ3) is 1.99. The molecule has 0 saturated carbocycles. The summed E-state index contributed by atoms with van der Waals surface area (Å²) in [6, 6.07) is 0. The van der Waals surface area contributed by atoms with Crippen molar-refractivity contribution in [1.29, 1.82) is 0 Å². The maximum Gasteiger partial charge on any atom is 0.343 e. The minimum absolute atomic E-state index is 0.347. The second kappa shape index (κ2) is 3.93. The van der Waals surface area contributed by atoms with E-state index in [0.29, 0.717) is 18.0 Å². The Morgan fingerprint density at radius 2 is 2.46 bits per heavy atom. The molecule has 0 radical (unpaired) electrons. The number of nitrogens with zero attached hydrogens (tertiary/aromatic N) is 2. The van der Waals surface area contributed by atoms with E-state index in [-0.39, 0.29) is 5.97 Å². The van der Waals surface area contributed by atoms with Crippen LogP contribution < -0.4 is 5.32 Å². The molecule has 0 aromatic carbocycles. The summed E-state index contributed by atoms with van der Waals surface area (Å²) in [7, 11) is 3.47. The zero-order valence-corrected chi connectivity index (χ0v) is 8.00. The van der Waals surface area contributed by atoms with Crippen molar-refractivity contribution in [1.82, 2.24) is 9.78 Å². The van der Waals surface area contributed by atoms with Crippen LogP contribution in [0.25, 0.3) is 0 Å². The first-order valence-corrected chi connectivity index (χ1v) is 4.07. The molecule has 0 aliphatic heterocycles. The maximum absolute atomic E-state index is 11.3. The first-order valence-electron chi connectivity index (χ1n) is 4.07. The summed E-state index contributed by atoms with van der Waals surface area (Å²) < 4.78 is 6.42. The Labute approximate surface area is 76.7 Å². The van der Waals surface area contributed by atoms with E-state index >= 15 is 0 Å². The summed E-state index contributed by atoms with van der Waals surface area (Å²) in [6.45, 7) is 2.14. The van der Waals surface area contributed by atoms with E-state index in [1.807, 2.05) is 0 Å². The van der Waals surface area contributed by atoms with E-state index in [1.54, 1.807) is 31.9 Å². The van der Waals surface area contributed by atoms with Gasteiger partial charge in [-0.25, -0.2) is 4.79 Å². The van der Waals surface area contributed by atoms with Crippen LogP contribution in [0, 0.1) is 0 Å². The SMILES string of the molecule is CCOC(=O)c1cn(C)nc1NC. The third-order valence-corrected chi connectivity index (χ3v) is 1.56. The lowest BCUT2D eigenvalue weighted by atomic mass is 10.3. The minimum Gasteiger partial charge on any atom is -0.462 e. The molecule has 0 atom stereocenters. The molecule has 1 heterocycles. The number of aryl methyl sites for hydroxylation is 1. The van der Waals surface area contributed by atoms with Gasteiger partial charge in [0, 0.05) is 20.3 Å². The van der Waals surface area contributed by atoms with E-state index in [2.05, 4.69) is 10.4 Å². The van der Waals surface area contributed by atoms with E-state index < -0.39 is 0 Å². The Hall–Kier alpha value is -1.52. The van der Waals surface area contributed by atoms with Gasteiger partial charge in [0.05, 0.1) is 6.61 Å². The van der Waals surface area contributed by atoms with Gasteiger partial charge in [0.25, 0.3) is 0 Å². The van der Waals surface area contributed by atoms with Crippen LogP contribution in [0.1, 0.15) is 17.3 Å². The van der Waals surface area contributed by atoms with Crippen LogP contribution in [0.15, 0.2) is 6.20 Å². The van der Waals surface area contributed by atoms with Crippen LogP contribution in [-0.2, 0) is 11.8 Å². The smallest absolute Gasteiger partial charge is 0.343 e. The molecule has 1 aromatic heterocycles. The average molecular weight is 183 g/mol. The summed E-state index contributed by atoms with van der Waals surface area (Å²) in [5, 5.41) is 6.86. The van der Waals surface area contributed by atoms with E-state index in [1.165, 1.54) is 0 Å². The molecule has 1 aromatic rings. The van der Waals surface area contributed by atoms with Gasteiger partial charge < -0.3 is 10.1 Å². The number of hydrogen-bond acceptors (Lipinski definition) is 4. The zero-order valence-electron chi connectivity index (χ0n) is 8.00. The predicted molar refractivity (Wildman–Crippen MR) is 48.7 cm³/mol. The van der Waals surface area contributed by atoms with Gasteiger partial charge in [-0.2, -0.15) is 5.10 Å². The maximum atomic E-state index is 11.3. The number of ether oxygens (including phenoxy) is 1. The number of anilines is 1. The van der Waals surface area contributed by atoms with Crippen LogP contribution in [-0.4, -0.2) is 29.4 Å². The standard InChI is InChI=1S/C8H13N3O2/c1-4-13-8(12)6-5-11(3)10-7(6)9-2/h5H,4H2,1-3H3,(H,9,10). The first kappa shape index (κ1) is 9.57. The number of rotatable bonds is 3. The molecular formula is C8H13N3O2. The molecule has 0 aliphatic carbocycles. The van der Waals surface area contributed by atoms with Crippen molar-refractivity contribution in [3.05, 3.63) is 11.8 Å². The van der Waals surface area contributed by atoms with Crippen LogP contribution >= 0.6 is 0 Å². The fourth-order valence-corrected chi connectivity index (χ4v) is 1.03. The molecule has 13 heavy (non-hydrogen) atoms. The lowest BCUT2D eigenvalue weighted by Crippen LogP contribution is -2.06. The number of carbonyl (C=O) groups excluding carboxylic acids is 1. The highest BCUT2D eigenvalue weighted by atomic mass is 16.5. The second-order valence-corrected chi connectivity index (χ2v) is 2.54. The Kier molecular flexibility index (Phi) is 2.89. The molecule has 0 aliphatic rings. The van der Waals surface area contributed by atoms with Crippen LogP contribution in [0.5, 0.6) is 0 Å². The molecule has 72 valence electrons. The fraction of sp³-hybridized carbons (Fsp3) is 0.500. The molecule has 0 unspecified atom stereocenters. The van der Waals surface area contributed by atoms with Gasteiger partial charge in [0.15, 0.2) is 5.82 Å². The van der Waals surface area contributed by atoms with E-state index in [4.69, 9.17) is 4.74 Å². The molecule has 0 fully saturated rings. The summed E-state index contributed by atoms with van der Waals surface area (Å²) in [5.74, 6) is 0.195. The highest BCUT2D eigenvalue weighted by Crippen LogP contribution is 2.12. The van der Waals surface area contributed by atoms with Gasteiger partial charge in [-0.1, -0.05) is 0 Å². The Bertz CT molecular complexity index is 306. The highest BCUT2D eigenvalue weighted by Gasteiger charge is 2.14. The third-order valence-electron chi connectivity index (χ3n) is 1.56. The number of nitrogens with one attached hydrogen (secondary N) is 1. The van der Waals surface area contributed by atoms with Crippen molar-refractivity contribution >= 4 is 11.8 Å². The van der Waals surface area contributed by atoms with Gasteiger partial charge in [-0.3, -0.25) is 4.68 Å². The molecule has 5 heteroatoms. The van der Waals surface area contributed by atoms with Gasteiger partial charge in [-0.05, 0) is 6.92 Å². The lowest BCUT2D eigenvalue weighted by molar-refractivity contribution is 0.0527. The minimum atomic E-state index is -0.347. The lowest BCUT2D eigenvalue weighted by Gasteiger charge is -2.00. The Morgan fingerprint density at radius 1 is 1.77 bits per heavy atom. The van der Waals surface area contributed by atoms with Gasteiger partial charge in [-0.15, -0.1) is 0 Å². The molecule has 0 bridgehead atoms. The second-order valence-electron chi connectivity index (χ2n) is 2.54. The van der Waals surface area contributed by atoms with Crippen molar-refractivity contribution in [3.8, 4) is 0 Å². The summed E-state index contributed by atoms with van der Waals surface area (Å²) in [5.41, 5.74) is 0.465. The molecule has 0 amide bonds. The van der Waals surface area contributed by atoms with Gasteiger partial charge in [0.2, 0.25) is 0 Å². The van der Waals surface area contributed by atoms with Crippen LogP contribution in [0.3, 0.4) is 0 Å². The molecule has 0 saturated heterocycles. The number of esters is 1. The first-order chi connectivity index (χ1) is 6.19. The molecule has 5 nitrogen and oxygen atoms in total. The largest absolute Gasteiger partial charge is 0.462 e. The molecule has 0 spiro atoms. The zero-order chi connectivity index (χ0) is 9.84. The molecule has 1 N–H and O–H groups in total. The van der Waals surface area contributed by atoms with E-state index in [0.717, 1.165) is 0 Å². The predicted octanol–water partition coefficient (Wildman–Crippen LogP) is 0.639. The molecular weight excluding hydrogens is 170 g/mol. The number of carbonyl (C=O) groups is 1.